The lowest BCUT2D eigenvalue weighted by Crippen LogP contribution is -2.21. The van der Waals surface area contributed by atoms with E-state index in [1.807, 2.05) is 31.2 Å². The molecule has 168 valence electrons. The lowest BCUT2D eigenvalue weighted by atomic mass is 9.85. The highest BCUT2D eigenvalue weighted by molar-refractivity contribution is 5.94. The minimum Gasteiger partial charge on any atom is -0.496 e. The number of hydrogen-bond donors (Lipinski definition) is 1. The molecular formula is C26H30N2O4. The first-order chi connectivity index (χ1) is 15.5. The van der Waals surface area contributed by atoms with Gasteiger partial charge in [0.15, 0.2) is 0 Å². The molecule has 6 heteroatoms. The number of fused-ring (bicyclic) bond motifs is 3. The van der Waals surface area contributed by atoms with Crippen molar-refractivity contribution >= 4 is 22.8 Å². The highest BCUT2D eigenvalue weighted by Crippen LogP contribution is 2.42. The van der Waals surface area contributed by atoms with E-state index in [0.717, 1.165) is 41.3 Å². The van der Waals surface area contributed by atoms with E-state index in [1.54, 1.807) is 7.11 Å². The summed E-state index contributed by atoms with van der Waals surface area (Å²) in [6.07, 6.45) is 3.39. The molecule has 1 aliphatic carbocycles. The van der Waals surface area contributed by atoms with E-state index in [2.05, 4.69) is 22.8 Å². The number of rotatable bonds is 8. The molecule has 0 aliphatic heterocycles. The molecule has 1 atom stereocenters. The molecule has 0 bridgehead atoms. The van der Waals surface area contributed by atoms with Crippen LogP contribution in [0.5, 0.6) is 5.75 Å². The molecule has 2 aromatic carbocycles. The standard InChI is InChI=1S/C26H30N2O4/c1-3-32-26(30)19-10-7-11-21-25(19)20-15-23(31-2)18(12-13-24(27)29)14-22(20)28(21)16-17-8-5-4-6-9-17/h4-6,8-9,14-15,19H,3,7,10-13,16H2,1-2H3,(H2,27,29). The second-order valence-electron chi connectivity index (χ2n) is 8.28. The highest BCUT2D eigenvalue weighted by Gasteiger charge is 2.33. The third-order valence-corrected chi connectivity index (χ3v) is 6.27. The Morgan fingerprint density at radius 2 is 1.97 bits per heavy atom. The number of carbonyl (C=O) groups is 2. The summed E-state index contributed by atoms with van der Waals surface area (Å²) in [6.45, 7) is 2.92. The van der Waals surface area contributed by atoms with Gasteiger partial charge in [0.05, 0.1) is 19.6 Å². The third-order valence-electron chi connectivity index (χ3n) is 6.27. The van der Waals surface area contributed by atoms with Crippen LogP contribution < -0.4 is 10.5 Å². The van der Waals surface area contributed by atoms with E-state index in [1.165, 1.54) is 11.3 Å². The Morgan fingerprint density at radius 1 is 1.19 bits per heavy atom. The largest absolute Gasteiger partial charge is 0.496 e. The van der Waals surface area contributed by atoms with Crippen molar-refractivity contribution in [3.8, 4) is 5.75 Å². The van der Waals surface area contributed by atoms with Gasteiger partial charge in [-0.3, -0.25) is 9.59 Å². The highest BCUT2D eigenvalue weighted by atomic mass is 16.5. The topological polar surface area (TPSA) is 83.6 Å². The SMILES string of the molecule is CCOC(=O)C1CCCc2c1c1cc(OC)c(CCC(N)=O)cc1n2Cc1ccccc1. The summed E-state index contributed by atoms with van der Waals surface area (Å²) in [5.41, 5.74) is 10.8. The lowest BCUT2D eigenvalue weighted by Gasteiger charge is -2.23. The number of esters is 1. The maximum atomic E-state index is 12.9. The molecule has 0 radical (unpaired) electrons. The molecule has 1 amide bonds. The second-order valence-corrected chi connectivity index (χ2v) is 8.28. The Bertz CT molecular complexity index is 1130. The number of methoxy groups -OCH3 is 1. The maximum Gasteiger partial charge on any atom is 0.313 e. The van der Waals surface area contributed by atoms with Gasteiger partial charge in [-0.25, -0.2) is 0 Å². The van der Waals surface area contributed by atoms with Crippen molar-refractivity contribution in [3.05, 3.63) is 64.8 Å². The van der Waals surface area contributed by atoms with Gasteiger partial charge < -0.3 is 19.8 Å². The number of benzene rings is 2. The van der Waals surface area contributed by atoms with Crippen LogP contribution in [0.4, 0.5) is 0 Å². The number of aryl methyl sites for hydroxylation is 1. The molecule has 4 rings (SSSR count). The summed E-state index contributed by atoms with van der Waals surface area (Å²) < 4.78 is 13.4. The molecule has 1 aromatic heterocycles. The molecule has 0 fully saturated rings. The Morgan fingerprint density at radius 3 is 2.66 bits per heavy atom. The minimum atomic E-state index is -0.339. The second kappa shape index (κ2) is 9.47. The summed E-state index contributed by atoms with van der Waals surface area (Å²) in [5.74, 6) is -0.0662. The average Bonchev–Trinajstić information content (AvgIpc) is 3.10. The molecule has 3 aromatic rings. The number of ether oxygens (including phenoxy) is 2. The Hall–Kier alpha value is -3.28. The summed E-state index contributed by atoms with van der Waals surface area (Å²) in [5, 5.41) is 1.02. The number of carbonyl (C=O) groups excluding carboxylic acids is 2. The lowest BCUT2D eigenvalue weighted by molar-refractivity contribution is -0.145. The third kappa shape index (κ3) is 4.22. The smallest absolute Gasteiger partial charge is 0.313 e. The van der Waals surface area contributed by atoms with Crippen LogP contribution in [-0.4, -0.2) is 30.2 Å². The minimum absolute atomic E-state index is 0.163. The number of hydrogen-bond acceptors (Lipinski definition) is 4. The van der Waals surface area contributed by atoms with E-state index in [-0.39, 0.29) is 24.2 Å². The van der Waals surface area contributed by atoms with E-state index < -0.39 is 0 Å². The molecule has 2 N–H and O–H groups in total. The predicted octanol–water partition coefficient (Wildman–Crippen LogP) is 4.10. The van der Waals surface area contributed by atoms with Crippen LogP contribution in [0.3, 0.4) is 0 Å². The van der Waals surface area contributed by atoms with Gasteiger partial charge in [0, 0.05) is 29.6 Å². The molecular weight excluding hydrogens is 404 g/mol. The van der Waals surface area contributed by atoms with Gasteiger partial charge in [-0.1, -0.05) is 30.3 Å². The fourth-order valence-corrected chi connectivity index (χ4v) is 4.84. The average molecular weight is 435 g/mol. The van der Waals surface area contributed by atoms with Crippen LogP contribution in [0.25, 0.3) is 10.9 Å². The Labute approximate surface area is 188 Å². The van der Waals surface area contributed by atoms with Gasteiger partial charge in [0.2, 0.25) is 5.91 Å². The molecule has 6 nitrogen and oxygen atoms in total. The summed E-state index contributed by atoms with van der Waals surface area (Å²) >= 11 is 0. The van der Waals surface area contributed by atoms with E-state index in [9.17, 15) is 9.59 Å². The van der Waals surface area contributed by atoms with Gasteiger partial charge in [0.25, 0.3) is 0 Å². The van der Waals surface area contributed by atoms with Crippen LogP contribution in [0, 0.1) is 0 Å². The van der Waals surface area contributed by atoms with Crippen molar-refractivity contribution in [3.63, 3.8) is 0 Å². The number of nitrogens with zero attached hydrogens (tertiary/aromatic N) is 1. The molecule has 1 aliphatic rings. The Balaban J connectivity index is 1.92. The van der Waals surface area contributed by atoms with E-state index >= 15 is 0 Å². The molecule has 1 unspecified atom stereocenters. The van der Waals surface area contributed by atoms with Crippen LogP contribution in [0.2, 0.25) is 0 Å². The summed E-state index contributed by atoms with van der Waals surface area (Å²) in [6, 6.07) is 14.4. The molecule has 32 heavy (non-hydrogen) atoms. The number of nitrogens with two attached hydrogens (primary N) is 1. The van der Waals surface area contributed by atoms with Crippen LogP contribution >= 0.6 is 0 Å². The molecule has 0 spiro atoms. The maximum absolute atomic E-state index is 12.9. The molecule has 1 heterocycles. The van der Waals surface area contributed by atoms with Crippen molar-refractivity contribution in [2.75, 3.05) is 13.7 Å². The molecule has 0 saturated carbocycles. The number of aromatic nitrogens is 1. The first-order valence-electron chi connectivity index (χ1n) is 11.2. The first-order valence-corrected chi connectivity index (χ1v) is 11.2. The van der Waals surface area contributed by atoms with Crippen molar-refractivity contribution in [1.29, 1.82) is 0 Å². The predicted molar refractivity (Wildman–Crippen MR) is 124 cm³/mol. The quantitative estimate of drug-likeness (QED) is 0.541. The fourth-order valence-electron chi connectivity index (χ4n) is 4.84. The molecule has 0 saturated heterocycles. The van der Waals surface area contributed by atoms with Gasteiger partial charge in [0.1, 0.15) is 5.75 Å². The fraction of sp³-hybridized carbons (Fsp3) is 0.385. The Kier molecular flexibility index (Phi) is 6.49. The van der Waals surface area contributed by atoms with Crippen molar-refractivity contribution in [1.82, 2.24) is 4.57 Å². The van der Waals surface area contributed by atoms with Crippen molar-refractivity contribution < 1.29 is 19.1 Å². The number of primary amides is 1. The zero-order valence-corrected chi connectivity index (χ0v) is 18.7. The van der Waals surface area contributed by atoms with Crippen molar-refractivity contribution in [2.45, 2.75) is 51.5 Å². The number of amides is 1. The van der Waals surface area contributed by atoms with Crippen molar-refractivity contribution in [2.24, 2.45) is 5.73 Å². The van der Waals surface area contributed by atoms with Crippen LogP contribution in [-0.2, 0) is 33.7 Å². The van der Waals surface area contributed by atoms with Gasteiger partial charge >= 0.3 is 5.97 Å². The van der Waals surface area contributed by atoms with Crippen LogP contribution in [0.15, 0.2) is 42.5 Å². The van der Waals surface area contributed by atoms with E-state index in [4.69, 9.17) is 15.2 Å². The summed E-state index contributed by atoms with van der Waals surface area (Å²) in [7, 11) is 1.63. The monoisotopic (exact) mass is 434 g/mol. The zero-order chi connectivity index (χ0) is 22.7. The van der Waals surface area contributed by atoms with Gasteiger partial charge in [-0.2, -0.15) is 0 Å². The van der Waals surface area contributed by atoms with Gasteiger partial charge in [-0.05, 0) is 61.4 Å². The zero-order valence-electron chi connectivity index (χ0n) is 18.7. The van der Waals surface area contributed by atoms with Crippen LogP contribution in [0.1, 0.15) is 54.5 Å². The van der Waals surface area contributed by atoms with Gasteiger partial charge in [-0.15, -0.1) is 0 Å². The van der Waals surface area contributed by atoms with E-state index in [0.29, 0.717) is 25.3 Å². The first kappa shape index (κ1) is 21.9. The normalized spacial score (nSPS) is 15.4. The summed E-state index contributed by atoms with van der Waals surface area (Å²) in [4.78, 5) is 24.3.